The maximum Gasteiger partial charge on any atom is 0.244 e. The molecule has 1 saturated carbocycles. The molecule has 2 fully saturated rings. The first kappa shape index (κ1) is 13.5. The molecule has 2 aliphatic rings. The number of rotatable bonds is 3. The fourth-order valence-electron chi connectivity index (χ4n) is 3.44. The van der Waals surface area contributed by atoms with Gasteiger partial charge in [0.05, 0.1) is 10.8 Å². The number of aromatic nitrogens is 1. The van der Waals surface area contributed by atoms with Crippen molar-refractivity contribution in [1.29, 1.82) is 0 Å². The van der Waals surface area contributed by atoms with E-state index in [9.17, 15) is 8.42 Å². The first-order chi connectivity index (χ1) is 9.13. The van der Waals surface area contributed by atoms with Crippen molar-refractivity contribution in [3.8, 4) is 0 Å². The molecule has 1 aliphatic heterocycles. The normalized spacial score (nSPS) is 28.5. The molecule has 1 aliphatic carbocycles. The first-order valence-corrected chi connectivity index (χ1v) is 8.85. The van der Waals surface area contributed by atoms with Crippen molar-refractivity contribution in [3.05, 3.63) is 18.0 Å². The van der Waals surface area contributed by atoms with Crippen molar-refractivity contribution in [2.75, 3.05) is 6.54 Å². The van der Waals surface area contributed by atoms with Gasteiger partial charge in [-0.05, 0) is 31.2 Å². The molecule has 6 heteroatoms. The maximum atomic E-state index is 12.7. The molecule has 1 aromatic rings. The van der Waals surface area contributed by atoms with Crippen LogP contribution in [0.5, 0.6) is 0 Å². The van der Waals surface area contributed by atoms with Crippen LogP contribution < -0.4 is 0 Å². The third kappa shape index (κ3) is 2.32. The number of aromatic amines is 1. The highest BCUT2D eigenvalue weighted by molar-refractivity contribution is 7.89. The number of nitrogens with one attached hydrogen (secondary N) is 1. The topological polar surface area (TPSA) is 53.2 Å². The largest absolute Gasteiger partial charge is 0.363 e. The summed E-state index contributed by atoms with van der Waals surface area (Å²) in [6, 6.07) is 1.87. The monoisotopic (exact) mass is 302 g/mol. The average molecular weight is 303 g/mol. The number of nitrogens with zero attached hydrogens (tertiary/aromatic N) is 1. The van der Waals surface area contributed by atoms with Gasteiger partial charge in [0, 0.05) is 24.5 Å². The second-order valence-corrected chi connectivity index (χ2v) is 7.67. The van der Waals surface area contributed by atoms with Gasteiger partial charge >= 0.3 is 0 Å². The molecular weight excluding hydrogens is 284 g/mol. The summed E-state index contributed by atoms with van der Waals surface area (Å²) in [6.07, 6.45) is 7.15. The molecule has 0 radical (unpaired) electrons. The lowest BCUT2D eigenvalue weighted by Crippen LogP contribution is -2.39. The molecule has 106 valence electrons. The van der Waals surface area contributed by atoms with Crippen LogP contribution in [0.25, 0.3) is 0 Å². The molecule has 1 N–H and O–H groups in total. The van der Waals surface area contributed by atoms with Gasteiger partial charge in [-0.2, -0.15) is 4.31 Å². The number of hydrogen-bond donors (Lipinski definition) is 1. The number of H-pyrrole nitrogens is 1. The summed E-state index contributed by atoms with van der Waals surface area (Å²) < 4.78 is 27.1. The minimum atomic E-state index is -3.35. The summed E-state index contributed by atoms with van der Waals surface area (Å²) in [4.78, 5) is 3.28. The van der Waals surface area contributed by atoms with Crippen molar-refractivity contribution < 1.29 is 8.42 Å². The third-order valence-corrected chi connectivity index (χ3v) is 6.62. The number of hydrogen-bond acceptors (Lipinski definition) is 2. The van der Waals surface area contributed by atoms with Crippen molar-refractivity contribution in [2.24, 2.45) is 5.92 Å². The highest BCUT2D eigenvalue weighted by Gasteiger charge is 2.42. The highest BCUT2D eigenvalue weighted by atomic mass is 35.5. The Morgan fingerprint density at radius 1 is 1.32 bits per heavy atom. The van der Waals surface area contributed by atoms with Gasteiger partial charge in [0.1, 0.15) is 0 Å². The van der Waals surface area contributed by atoms with E-state index < -0.39 is 10.0 Å². The van der Waals surface area contributed by atoms with Crippen molar-refractivity contribution in [3.63, 3.8) is 0 Å². The Balaban J connectivity index is 1.88. The Morgan fingerprint density at radius 3 is 2.84 bits per heavy atom. The summed E-state index contributed by atoms with van der Waals surface area (Å²) >= 11 is 5.72. The second-order valence-electron chi connectivity index (χ2n) is 5.51. The predicted molar refractivity (Wildman–Crippen MR) is 74.6 cm³/mol. The van der Waals surface area contributed by atoms with E-state index in [4.69, 9.17) is 11.6 Å². The number of alkyl halides is 1. The molecule has 3 rings (SSSR count). The van der Waals surface area contributed by atoms with Crippen molar-refractivity contribution in [1.82, 2.24) is 9.29 Å². The van der Waals surface area contributed by atoms with Crippen LogP contribution in [-0.4, -0.2) is 30.3 Å². The van der Waals surface area contributed by atoms with Gasteiger partial charge in [0.2, 0.25) is 10.0 Å². The smallest absolute Gasteiger partial charge is 0.244 e. The molecule has 2 unspecified atom stereocenters. The van der Waals surface area contributed by atoms with Gasteiger partial charge < -0.3 is 4.98 Å². The van der Waals surface area contributed by atoms with Crippen LogP contribution in [0.2, 0.25) is 0 Å². The standard InChI is InChI=1S/C13H19ClN2O2S/c14-8-11-7-12(9-15-11)19(17,18)16-6-5-10-3-1-2-4-13(10)16/h7,9-10,13,15H,1-6,8H2. The van der Waals surface area contributed by atoms with Gasteiger partial charge in [-0.25, -0.2) is 8.42 Å². The summed E-state index contributed by atoms with van der Waals surface area (Å²) in [5.74, 6) is 0.872. The minimum absolute atomic E-state index is 0.216. The fourth-order valence-corrected chi connectivity index (χ4v) is 5.35. The molecule has 2 atom stereocenters. The Morgan fingerprint density at radius 2 is 2.11 bits per heavy atom. The van der Waals surface area contributed by atoms with E-state index in [0.717, 1.165) is 25.0 Å². The number of fused-ring (bicyclic) bond motifs is 1. The van der Waals surface area contributed by atoms with Crippen LogP contribution in [-0.2, 0) is 15.9 Å². The number of sulfonamides is 1. The Hall–Kier alpha value is -0.520. The molecule has 1 aromatic heterocycles. The van der Waals surface area contributed by atoms with Crippen LogP contribution in [0.4, 0.5) is 0 Å². The Kier molecular flexibility index (Phi) is 3.62. The second kappa shape index (κ2) is 5.11. The highest BCUT2D eigenvalue weighted by Crippen LogP contribution is 2.39. The van der Waals surface area contributed by atoms with E-state index in [2.05, 4.69) is 4.98 Å². The zero-order chi connectivity index (χ0) is 13.5. The van der Waals surface area contributed by atoms with Crippen LogP contribution in [0, 0.1) is 5.92 Å². The molecule has 1 saturated heterocycles. The van der Waals surface area contributed by atoms with E-state index in [1.54, 1.807) is 16.6 Å². The summed E-state index contributed by atoms with van der Waals surface area (Å²) in [5, 5.41) is 0. The summed E-state index contributed by atoms with van der Waals surface area (Å²) in [5.41, 5.74) is 0.750. The molecule has 0 aromatic carbocycles. The van der Waals surface area contributed by atoms with Gasteiger partial charge in [-0.15, -0.1) is 11.6 Å². The maximum absolute atomic E-state index is 12.7. The molecule has 4 nitrogen and oxygen atoms in total. The van der Waals surface area contributed by atoms with Crippen molar-refractivity contribution >= 4 is 21.6 Å². The molecule has 0 bridgehead atoms. The van der Waals surface area contributed by atoms with Gasteiger partial charge in [0.15, 0.2) is 0 Å². The van der Waals surface area contributed by atoms with Gasteiger partial charge in [0.25, 0.3) is 0 Å². The van der Waals surface area contributed by atoms with Gasteiger partial charge in [-0.3, -0.25) is 0 Å². The van der Waals surface area contributed by atoms with Crippen LogP contribution in [0.1, 0.15) is 37.8 Å². The number of halogens is 1. The third-order valence-electron chi connectivity index (χ3n) is 4.43. The minimum Gasteiger partial charge on any atom is -0.363 e. The van der Waals surface area contributed by atoms with Crippen LogP contribution in [0.3, 0.4) is 0 Å². The Bertz CT molecular complexity index is 555. The summed E-state index contributed by atoms with van der Waals surface area (Å²) in [6.45, 7) is 0.666. The van der Waals surface area contributed by atoms with E-state index in [1.165, 1.54) is 12.8 Å². The molecular formula is C13H19ClN2O2S. The van der Waals surface area contributed by atoms with Crippen LogP contribution in [0.15, 0.2) is 17.2 Å². The van der Waals surface area contributed by atoms with E-state index in [0.29, 0.717) is 23.2 Å². The lowest BCUT2D eigenvalue weighted by Gasteiger charge is -2.30. The van der Waals surface area contributed by atoms with Crippen molar-refractivity contribution in [2.45, 2.75) is 48.9 Å². The zero-order valence-corrected chi connectivity index (χ0v) is 12.4. The average Bonchev–Trinajstić information content (AvgIpc) is 3.06. The van der Waals surface area contributed by atoms with Crippen LogP contribution >= 0.6 is 11.6 Å². The molecule has 0 spiro atoms. The summed E-state index contributed by atoms with van der Waals surface area (Å²) in [7, 11) is -3.35. The van der Waals surface area contributed by atoms with E-state index in [-0.39, 0.29) is 6.04 Å². The fraction of sp³-hybridized carbons (Fsp3) is 0.692. The SMILES string of the molecule is O=S(=O)(c1c[nH]c(CCl)c1)N1CCC2CCCCC21. The molecule has 2 heterocycles. The quantitative estimate of drug-likeness (QED) is 0.873. The Labute approximate surface area is 119 Å². The molecule has 19 heavy (non-hydrogen) atoms. The van der Waals surface area contributed by atoms with E-state index >= 15 is 0 Å². The zero-order valence-electron chi connectivity index (χ0n) is 10.8. The van der Waals surface area contributed by atoms with Gasteiger partial charge in [-0.1, -0.05) is 12.8 Å². The lowest BCUT2D eigenvalue weighted by atomic mass is 9.86. The molecule has 0 amide bonds. The first-order valence-electron chi connectivity index (χ1n) is 6.88. The lowest BCUT2D eigenvalue weighted by molar-refractivity contribution is 0.260. The van der Waals surface area contributed by atoms with E-state index in [1.807, 2.05) is 0 Å². The predicted octanol–water partition coefficient (Wildman–Crippen LogP) is 2.71.